The molecule has 4 aromatic heterocycles. The lowest BCUT2D eigenvalue weighted by atomic mass is 9.97. The third-order valence-electron chi connectivity index (χ3n) is 6.63. The second-order valence-electron chi connectivity index (χ2n) is 9.04. The van der Waals surface area contributed by atoms with Gasteiger partial charge in [-0.15, -0.1) is 5.10 Å². The number of hydrogen-bond donors (Lipinski definition) is 3. The van der Waals surface area contributed by atoms with Gasteiger partial charge in [-0.3, -0.25) is 14.9 Å². The molecule has 0 bridgehead atoms. The van der Waals surface area contributed by atoms with Crippen LogP contribution < -0.4 is 15.5 Å². The molecule has 5 heterocycles. The van der Waals surface area contributed by atoms with Gasteiger partial charge in [0.05, 0.1) is 11.9 Å². The highest BCUT2D eigenvalue weighted by atomic mass is 127. The highest BCUT2D eigenvalue weighted by molar-refractivity contribution is 14.1. The summed E-state index contributed by atoms with van der Waals surface area (Å²) in [7, 11) is 0. The van der Waals surface area contributed by atoms with E-state index in [2.05, 4.69) is 48.4 Å². The zero-order chi connectivity index (χ0) is 23.3. The summed E-state index contributed by atoms with van der Waals surface area (Å²) in [5.74, 6) is 2.37. The van der Waals surface area contributed by atoms with Crippen LogP contribution in [-0.2, 0) is 4.79 Å². The number of amides is 1. The average molecular weight is 569 g/mol. The molecule has 174 valence electrons. The number of nitrogens with zero attached hydrogens (tertiary/aromatic N) is 6. The molecule has 2 aliphatic rings. The first-order valence-corrected chi connectivity index (χ1v) is 12.5. The molecule has 10 nitrogen and oxygen atoms in total. The molecule has 1 saturated heterocycles. The number of carbonyl (C=O) groups excluding carboxylic acids is 1. The zero-order valence-corrected chi connectivity index (χ0v) is 20.8. The smallest absolute Gasteiger partial charge is 0.250 e. The van der Waals surface area contributed by atoms with Gasteiger partial charge in [0, 0.05) is 40.2 Å². The van der Waals surface area contributed by atoms with Crippen LogP contribution in [0, 0.1) is 3.57 Å². The summed E-state index contributed by atoms with van der Waals surface area (Å²) in [6.07, 6.45) is 9.25. The number of fused-ring (bicyclic) bond motifs is 1. The fourth-order valence-corrected chi connectivity index (χ4v) is 4.94. The van der Waals surface area contributed by atoms with Gasteiger partial charge in [0.1, 0.15) is 11.1 Å². The Balaban J connectivity index is 1.32. The van der Waals surface area contributed by atoms with Crippen LogP contribution >= 0.6 is 22.6 Å². The van der Waals surface area contributed by atoms with Crippen molar-refractivity contribution >= 4 is 57.3 Å². The second kappa shape index (κ2) is 8.22. The molecule has 1 aliphatic carbocycles. The van der Waals surface area contributed by atoms with Crippen LogP contribution in [-0.4, -0.2) is 47.8 Å². The van der Waals surface area contributed by atoms with Crippen LogP contribution in [0.1, 0.15) is 44.2 Å². The first kappa shape index (κ1) is 21.3. The molecule has 0 unspecified atom stereocenters. The topological polar surface area (TPSA) is 116 Å². The van der Waals surface area contributed by atoms with E-state index in [4.69, 9.17) is 10.1 Å². The summed E-state index contributed by atoms with van der Waals surface area (Å²) in [4.78, 5) is 24.5. The number of aromatic amines is 1. The van der Waals surface area contributed by atoms with Gasteiger partial charge in [-0.05, 0) is 73.4 Å². The highest BCUT2D eigenvalue weighted by Crippen LogP contribution is 2.40. The van der Waals surface area contributed by atoms with E-state index in [9.17, 15) is 4.79 Å². The van der Waals surface area contributed by atoms with Crippen LogP contribution in [0.4, 0.5) is 23.3 Å². The van der Waals surface area contributed by atoms with E-state index in [1.165, 1.54) is 12.8 Å². The first-order chi connectivity index (χ1) is 16.5. The van der Waals surface area contributed by atoms with Gasteiger partial charge in [0.2, 0.25) is 11.9 Å². The van der Waals surface area contributed by atoms with Crippen molar-refractivity contribution in [2.75, 3.05) is 22.1 Å². The molecule has 34 heavy (non-hydrogen) atoms. The molecule has 2 fully saturated rings. The van der Waals surface area contributed by atoms with E-state index in [0.717, 1.165) is 27.0 Å². The first-order valence-electron chi connectivity index (χ1n) is 11.4. The largest absolute Gasteiger partial charge is 0.325 e. The Morgan fingerprint density at radius 3 is 3.03 bits per heavy atom. The van der Waals surface area contributed by atoms with Crippen molar-refractivity contribution in [2.45, 2.75) is 44.1 Å². The Kier molecular flexibility index (Phi) is 5.15. The van der Waals surface area contributed by atoms with Gasteiger partial charge in [0.15, 0.2) is 11.6 Å². The summed E-state index contributed by atoms with van der Waals surface area (Å²) < 4.78 is 2.73. The van der Waals surface area contributed by atoms with Crippen molar-refractivity contribution in [1.29, 1.82) is 0 Å². The lowest BCUT2D eigenvalue weighted by molar-refractivity contribution is -0.120. The molecule has 1 amide bonds. The van der Waals surface area contributed by atoms with Crippen LogP contribution in [0.15, 0.2) is 42.9 Å². The number of pyridine rings is 1. The Labute approximate surface area is 209 Å². The zero-order valence-electron chi connectivity index (χ0n) is 18.6. The maximum absolute atomic E-state index is 13.5. The minimum atomic E-state index is -0.789. The molecule has 0 radical (unpaired) electrons. The second-order valence-corrected chi connectivity index (χ2v) is 10.2. The Morgan fingerprint density at radius 1 is 1.32 bits per heavy atom. The van der Waals surface area contributed by atoms with E-state index in [-0.39, 0.29) is 5.91 Å². The summed E-state index contributed by atoms with van der Waals surface area (Å²) in [6.45, 7) is 2.64. The molecule has 4 aromatic rings. The van der Waals surface area contributed by atoms with Gasteiger partial charge in [-0.25, -0.2) is 4.52 Å². The lowest BCUT2D eigenvalue weighted by Gasteiger charge is -2.34. The monoisotopic (exact) mass is 569 g/mol. The van der Waals surface area contributed by atoms with Crippen LogP contribution in [0.5, 0.6) is 0 Å². The molecule has 6 rings (SSSR count). The summed E-state index contributed by atoms with van der Waals surface area (Å²) in [6, 6.07) is 7.80. The number of rotatable bonds is 6. The number of halogens is 1. The molecule has 0 aromatic carbocycles. The van der Waals surface area contributed by atoms with Crippen LogP contribution in [0.2, 0.25) is 0 Å². The van der Waals surface area contributed by atoms with E-state index >= 15 is 0 Å². The molecule has 0 spiro atoms. The Hall–Kier alpha value is -3.22. The van der Waals surface area contributed by atoms with Gasteiger partial charge >= 0.3 is 0 Å². The number of carbonyl (C=O) groups is 1. The number of hydrogen-bond acceptors (Lipinski definition) is 7. The Bertz CT molecular complexity index is 1380. The van der Waals surface area contributed by atoms with Crippen molar-refractivity contribution in [1.82, 2.24) is 29.8 Å². The van der Waals surface area contributed by atoms with Gasteiger partial charge in [0.25, 0.3) is 0 Å². The number of nitrogens with one attached hydrogen (secondary N) is 3. The van der Waals surface area contributed by atoms with Crippen LogP contribution in [0.25, 0.3) is 5.52 Å². The predicted molar refractivity (Wildman–Crippen MR) is 137 cm³/mol. The Morgan fingerprint density at radius 2 is 2.21 bits per heavy atom. The number of H-pyrrole nitrogens is 1. The maximum atomic E-state index is 13.5. The SMILES string of the molecule is C[C@@]1(C(=O)Nc2cnccc2I)CCCN1c1nc(Nc2cc(C3CC3)[nH]n2)c2cccn2n1. The summed E-state index contributed by atoms with van der Waals surface area (Å²) in [5.41, 5.74) is 1.91. The van der Waals surface area contributed by atoms with Gasteiger partial charge in [-0.2, -0.15) is 10.1 Å². The van der Waals surface area contributed by atoms with Crippen molar-refractivity contribution in [3.05, 3.63) is 52.1 Å². The van der Waals surface area contributed by atoms with Crippen molar-refractivity contribution in [2.24, 2.45) is 0 Å². The van der Waals surface area contributed by atoms with E-state index < -0.39 is 5.54 Å². The van der Waals surface area contributed by atoms with Crippen molar-refractivity contribution in [3.8, 4) is 0 Å². The normalized spacial score (nSPS) is 20.1. The fraction of sp³-hybridized carbons (Fsp3) is 0.348. The van der Waals surface area contributed by atoms with Crippen molar-refractivity contribution < 1.29 is 4.79 Å². The molecular formula is C23H24IN9O. The average Bonchev–Trinajstić information content (AvgIpc) is 3.20. The third kappa shape index (κ3) is 3.77. The maximum Gasteiger partial charge on any atom is 0.250 e. The van der Waals surface area contributed by atoms with E-state index in [1.54, 1.807) is 16.9 Å². The molecule has 1 saturated carbocycles. The number of anilines is 4. The standard InChI is InChI=1S/C23H24IN9O/c1-23(21(34)26-17-13-25-9-7-15(17)24)8-3-10-32(23)22-28-20(18-4-2-11-33(18)31-22)27-19-12-16(29-30-19)14-5-6-14/h2,4,7,9,11-14H,3,5-6,8,10H2,1H3,(H,26,34)(H2,27,28,29,30,31)/t23-/m0/s1. The minimum absolute atomic E-state index is 0.0944. The quantitative estimate of drug-likeness (QED) is 0.300. The van der Waals surface area contributed by atoms with Gasteiger partial charge < -0.3 is 15.5 Å². The summed E-state index contributed by atoms with van der Waals surface area (Å²) in [5, 5.41) is 18.7. The molecule has 1 atom stereocenters. The highest BCUT2D eigenvalue weighted by Gasteiger charge is 2.45. The minimum Gasteiger partial charge on any atom is -0.325 e. The molecule has 11 heteroatoms. The lowest BCUT2D eigenvalue weighted by Crippen LogP contribution is -2.52. The fourth-order valence-electron chi connectivity index (χ4n) is 4.50. The van der Waals surface area contributed by atoms with E-state index in [0.29, 0.717) is 36.3 Å². The van der Waals surface area contributed by atoms with Crippen molar-refractivity contribution in [3.63, 3.8) is 0 Å². The van der Waals surface area contributed by atoms with Gasteiger partial charge in [-0.1, -0.05) is 0 Å². The predicted octanol–water partition coefficient (Wildman–Crippen LogP) is 4.07. The van der Waals surface area contributed by atoms with E-state index in [1.807, 2.05) is 42.3 Å². The molecular weight excluding hydrogens is 545 g/mol. The third-order valence-corrected chi connectivity index (χ3v) is 7.57. The van der Waals surface area contributed by atoms with Crippen LogP contribution in [0.3, 0.4) is 0 Å². The molecule has 1 aliphatic heterocycles. The number of aromatic nitrogens is 6. The summed E-state index contributed by atoms with van der Waals surface area (Å²) >= 11 is 2.20. The molecule has 3 N–H and O–H groups in total.